The van der Waals surface area contributed by atoms with Crippen LogP contribution in [-0.2, 0) is 6.54 Å². The molecule has 0 spiro atoms. The number of ether oxygens (including phenoxy) is 1. The van der Waals surface area contributed by atoms with Gasteiger partial charge in [0.1, 0.15) is 0 Å². The number of nitrogens with one attached hydrogen (secondary N) is 1. The maximum Gasteiger partial charge on any atom is 0.252 e. The number of aromatic nitrogens is 4. The molecule has 1 saturated carbocycles. The first-order valence-electron chi connectivity index (χ1n) is 9.56. The van der Waals surface area contributed by atoms with Crippen LogP contribution in [0.4, 0.5) is 0 Å². The topological polar surface area (TPSA) is 81.9 Å². The van der Waals surface area contributed by atoms with Crippen LogP contribution in [0.1, 0.15) is 53.0 Å². The van der Waals surface area contributed by atoms with Crippen LogP contribution < -0.4 is 10.1 Å². The zero-order valence-corrected chi connectivity index (χ0v) is 15.6. The first-order chi connectivity index (χ1) is 13.7. The Labute approximate surface area is 162 Å². The van der Waals surface area contributed by atoms with E-state index < -0.39 is 0 Å². The molecule has 7 heteroatoms. The molecule has 1 aliphatic heterocycles. The Hall–Kier alpha value is -3.22. The summed E-state index contributed by atoms with van der Waals surface area (Å²) in [7, 11) is 1.54. The summed E-state index contributed by atoms with van der Waals surface area (Å²) in [5, 5.41) is 7.86. The van der Waals surface area contributed by atoms with Crippen molar-refractivity contribution < 1.29 is 9.53 Å². The Morgan fingerprint density at radius 1 is 1.14 bits per heavy atom. The molecule has 3 aromatic rings. The molecule has 0 bridgehead atoms. The molecular formula is C21H21N5O2. The SMILES string of the molecule is COc1cc(C(=O)NC2CCn3nc(-c4ccnc(C5CC5)c4)cc32)ccn1. The summed E-state index contributed by atoms with van der Waals surface area (Å²) < 4.78 is 7.09. The van der Waals surface area contributed by atoms with E-state index in [0.29, 0.717) is 17.4 Å². The molecule has 1 amide bonds. The molecule has 0 radical (unpaired) electrons. The van der Waals surface area contributed by atoms with Crippen molar-refractivity contribution in [3.63, 3.8) is 0 Å². The van der Waals surface area contributed by atoms with Crippen LogP contribution in [-0.4, -0.2) is 32.8 Å². The Morgan fingerprint density at radius 3 is 2.82 bits per heavy atom. The van der Waals surface area contributed by atoms with Gasteiger partial charge in [0.15, 0.2) is 0 Å². The summed E-state index contributed by atoms with van der Waals surface area (Å²) in [4.78, 5) is 21.2. The van der Waals surface area contributed by atoms with E-state index in [4.69, 9.17) is 9.84 Å². The number of fused-ring (bicyclic) bond motifs is 1. The molecular weight excluding hydrogens is 354 g/mol. The largest absolute Gasteiger partial charge is 0.481 e. The van der Waals surface area contributed by atoms with Crippen molar-refractivity contribution in [2.45, 2.75) is 37.8 Å². The summed E-state index contributed by atoms with van der Waals surface area (Å²) in [6.07, 6.45) is 6.73. The zero-order valence-electron chi connectivity index (χ0n) is 15.6. The molecule has 2 aliphatic rings. The number of hydrogen-bond donors (Lipinski definition) is 1. The minimum Gasteiger partial charge on any atom is -0.481 e. The molecule has 0 aromatic carbocycles. The minimum absolute atomic E-state index is 0.0577. The summed E-state index contributed by atoms with van der Waals surface area (Å²) in [6, 6.07) is 9.50. The summed E-state index contributed by atoms with van der Waals surface area (Å²) >= 11 is 0. The van der Waals surface area contributed by atoms with Crippen LogP contribution in [0.3, 0.4) is 0 Å². The van der Waals surface area contributed by atoms with Crippen LogP contribution in [0.25, 0.3) is 11.3 Å². The average Bonchev–Trinajstić information content (AvgIpc) is 3.40. The van der Waals surface area contributed by atoms with E-state index in [2.05, 4.69) is 27.4 Å². The molecule has 5 rings (SSSR count). The van der Waals surface area contributed by atoms with E-state index >= 15 is 0 Å². The lowest BCUT2D eigenvalue weighted by atomic mass is 10.1. The molecule has 0 saturated heterocycles. The Kier molecular flexibility index (Phi) is 4.07. The van der Waals surface area contributed by atoms with Gasteiger partial charge in [0.25, 0.3) is 5.91 Å². The van der Waals surface area contributed by atoms with E-state index in [0.717, 1.165) is 35.6 Å². The number of aryl methyl sites for hydroxylation is 1. The van der Waals surface area contributed by atoms with Gasteiger partial charge < -0.3 is 10.1 Å². The lowest BCUT2D eigenvalue weighted by Gasteiger charge is -2.12. The fourth-order valence-electron chi connectivity index (χ4n) is 3.69. The second-order valence-electron chi connectivity index (χ2n) is 7.32. The number of nitrogens with zero attached hydrogens (tertiary/aromatic N) is 4. The molecule has 1 fully saturated rings. The number of methoxy groups -OCH3 is 1. The van der Waals surface area contributed by atoms with Crippen molar-refractivity contribution in [3.8, 4) is 17.1 Å². The fraction of sp³-hybridized carbons (Fsp3) is 0.333. The normalized spacial score (nSPS) is 18.0. The first-order valence-corrected chi connectivity index (χ1v) is 9.56. The molecule has 1 aliphatic carbocycles. The van der Waals surface area contributed by atoms with E-state index in [9.17, 15) is 4.79 Å². The maximum atomic E-state index is 12.6. The van der Waals surface area contributed by atoms with Crippen LogP contribution >= 0.6 is 0 Å². The molecule has 3 aromatic heterocycles. The first kappa shape index (κ1) is 16.9. The Bertz CT molecular complexity index is 1040. The highest BCUT2D eigenvalue weighted by molar-refractivity contribution is 5.94. The predicted molar refractivity (Wildman–Crippen MR) is 103 cm³/mol. The van der Waals surface area contributed by atoms with E-state index in [1.807, 2.05) is 16.9 Å². The number of carbonyl (C=O) groups excluding carboxylic acids is 1. The monoisotopic (exact) mass is 375 g/mol. The standard InChI is InChI=1S/C21H21N5O2/c1-28-20-11-15(5-8-23-20)21(27)24-16-6-9-26-19(16)12-18(25-26)14-4-7-22-17(10-14)13-2-3-13/h4-5,7-8,10-13,16H,2-3,6,9H2,1H3,(H,24,27). The quantitative estimate of drug-likeness (QED) is 0.741. The molecule has 28 heavy (non-hydrogen) atoms. The van der Waals surface area contributed by atoms with Gasteiger partial charge >= 0.3 is 0 Å². The van der Waals surface area contributed by atoms with Crippen LogP contribution in [0.2, 0.25) is 0 Å². The van der Waals surface area contributed by atoms with Gasteiger partial charge in [-0.15, -0.1) is 0 Å². The highest BCUT2D eigenvalue weighted by Crippen LogP contribution is 2.40. The van der Waals surface area contributed by atoms with Crippen molar-refractivity contribution in [2.24, 2.45) is 0 Å². The third-order valence-corrected chi connectivity index (χ3v) is 5.38. The predicted octanol–water partition coefficient (Wildman–Crippen LogP) is 3.10. The van der Waals surface area contributed by atoms with Crippen LogP contribution in [0.5, 0.6) is 5.88 Å². The molecule has 1 N–H and O–H groups in total. The van der Waals surface area contributed by atoms with Crippen molar-refractivity contribution in [3.05, 3.63) is 59.7 Å². The maximum absolute atomic E-state index is 12.6. The number of amides is 1. The van der Waals surface area contributed by atoms with Gasteiger partial charge in [0.05, 0.1) is 24.5 Å². The highest BCUT2D eigenvalue weighted by Gasteiger charge is 2.28. The molecule has 1 atom stereocenters. The van der Waals surface area contributed by atoms with E-state index in [-0.39, 0.29) is 11.9 Å². The summed E-state index contributed by atoms with van der Waals surface area (Å²) in [5.74, 6) is 0.899. The van der Waals surface area contributed by atoms with Gasteiger partial charge in [-0.3, -0.25) is 14.5 Å². The van der Waals surface area contributed by atoms with Gasteiger partial charge in [-0.1, -0.05) is 0 Å². The summed E-state index contributed by atoms with van der Waals surface area (Å²) in [5.41, 5.74) is 4.75. The average molecular weight is 375 g/mol. The lowest BCUT2D eigenvalue weighted by molar-refractivity contribution is 0.0936. The lowest BCUT2D eigenvalue weighted by Crippen LogP contribution is -2.27. The second-order valence-corrected chi connectivity index (χ2v) is 7.32. The van der Waals surface area contributed by atoms with Gasteiger partial charge in [-0.25, -0.2) is 4.98 Å². The van der Waals surface area contributed by atoms with Crippen molar-refractivity contribution in [1.82, 2.24) is 25.1 Å². The molecule has 4 heterocycles. The third-order valence-electron chi connectivity index (χ3n) is 5.38. The molecule has 1 unspecified atom stereocenters. The highest BCUT2D eigenvalue weighted by atomic mass is 16.5. The second kappa shape index (κ2) is 6.74. The Morgan fingerprint density at radius 2 is 2.00 bits per heavy atom. The van der Waals surface area contributed by atoms with Gasteiger partial charge in [-0.05, 0) is 43.5 Å². The smallest absolute Gasteiger partial charge is 0.252 e. The van der Waals surface area contributed by atoms with Gasteiger partial charge in [-0.2, -0.15) is 5.10 Å². The van der Waals surface area contributed by atoms with E-state index in [1.54, 1.807) is 18.3 Å². The number of carbonyl (C=O) groups is 1. The number of pyridine rings is 2. The van der Waals surface area contributed by atoms with Gasteiger partial charge in [0.2, 0.25) is 5.88 Å². The molecule has 7 nitrogen and oxygen atoms in total. The van der Waals surface area contributed by atoms with Crippen molar-refractivity contribution >= 4 is 5.91 Å². The van der Waals surface area contributed by atoms with E-state index in [1.165, 1.54) is 20.0 Å². The van der Waals surface area contributed by atoms with Crippen LogP contribution in [0, 0.1) is 0 Å². The third kappa shape index (κ3) is 3.13. The van der Waals surface area contributed by atoms with Gasteiger partial charge in [0, 0.05) is 47.7 Å². The van der Waals surface area contributed by atoms with Crippen molar-refractivity contribution in [1.29, 1.82) is 0 Å². The Balaban J connectivity index is 1.36. The number of rotatable bonds is 5. The molecule has 142 valence electrons. The fourth-order valence-corrected chi connectivity index (χ4v) is 3.69. The zero-order chi connectivity index (χ0) is 19.1. The summed E-state index contributed by atoms with van der Waals surface area (Å²) in [6.45, 7) is 0.792. The van der Waals surface area contributed by atoms with Crippen molar-refractivity contribution in [2.75, 3.05) is 7.11 Å². The minimum atomic E-state index is -0.137. The number of hydrogen-bond acceptors (Lipinski definition) is 5. The van der Waals surface area contributed by atoms with Crippen LogP contribution in [0.15, 0.2) is 42.7 Å².